The minimum atomic E-state index is -0.455. The molecule has 0 aliphatic heterocycles. The highest BCUT2D eigenvalue weighted by molar-refractivity contribution is 5.56. The largest absolute Gasteiger partial charge is 0.496 e. The topological polar surface area (TPSA) is 84.6 Å². The van der Waals surface area contributed by atoms with E-state index in [1.165, 1.54) is 19.2 Å². The van der Waals surface area contributed by atoms with Crippen molar-refractivity contribution in [2.45, 2.75) is 13.2 Å². The lowest BCUT2D eigenvalue weighted by atomic mass is 10.1. The molecule has 0 aliphatic rings. The Balaban J connectivity index is 2.11. The van der Waals surface area contributed by atoms with Crippen molar-refractivity contribution in [1.29, 1.82) is 0 Å². The Morgan fingerprint density at radius 2 is 1.86 bits per heavy atom. The van der Waals surface area contributed by atoms with E-state index in [1.54, 1.807) is 6.07 Å². The van der Waals surface area contributed by atoms with Crippen molar-refractivity contribution in [3.8, 4) is 5.75 Å². The number of methoxy groups -OCH3 is 1. The fourth-order valence-corrected chi connectivity index (χ4v) is 1.88. The van der Waals surface area contributed by atoms with Crippen LogP contribution in [0.25, 0.3) is 0 Å². The maximum atomic E-state index is 10.9. The van der Waals surface area contributed by atoms with E-state index >= 15 is 0 Å². The summed E-state index contributed by atoms with van der Waals surface area (Å²) in [6.07, 6.45) is 0. The molecule has 0 bridgehead atoms. The molecule has 2 aromatic carbocycles. The van der Waals surface area contributed by atoms with Gasteiger partial charge in [-0.1, -0.05) is 24.3 Å². The molecule has 0 saturated heterocycles. The van der Waals surface area contributed by atoms with Crippen LogP contribution in [0.4, 0.5) is 11.4 Å². The standard InChI is InChI=1S/C15H16N2O4/c1-21-15-7-13(6-14(8-15)17(19)20)16-9-11-2-4-12(10-18)5-3-11/h2-8,16,18H,9-10H2,1H3. The van der Waals surface area contributed by atoms with Gasteiger partial charge in [0.05, 0.1) is 24.7 Å². The first kappa shape index (κ1) is 14.8. The first-order chi connectivity index (χ1) is 10.1. The maximum absolute atomic E-state index is 10.9. The minimum absolute atomic E-state index is 0.00971. The Morgan fingerprint density at radius 1 is 1.19 bits per heavy atom. The molecule has 0 atom stereocenters. The third-order valence-corrected chi connectivity index (χ3v) is 3.04. The molecule has 0 unspecified atom stereocenters. The number of hydrogen-bond acceptors (Lipinski definition) is 5. The maximum Gasteiger partial charge on any atom is 0.275 e. The van der Waals surface area contributed by atoms with Crippen LogP contribution in [0, 0.1) is 10.1 Å². The molecular weight excluding hydrogens is 272 g/mol. The zero-order valence-corrected chi connectivity index (χ0v) is 11.6. The highest BCUT2D eigenvalue weighted by atomic mass is 16.6. The van der Waals surface area contributed by atoms with Gasteiger partial charge in [-0.15, -0.1) is 0 Å². The van der Waals surface area contributed by atoms with E-state index in [4.69, 9.17) is 9.84 Å². The monoisotopic (exact) mass is 288 g/mol. The quantitative estimate of drug-likeness (QED) is 0.630. The average molecular weight is 288 g/mol. The molecule has 6 nitrogen and oxygen atoms in total. The van der Waals surface area contributed by atoms with Gasteiger partial charge >= 0.3 is 0 Å². The summed E-state index contributed by atoms with van der Waals surface area (Å²) in [4.78, 5) is 10.4. The normalized spacial score (nSPS) is 10.2. The number of ether oxygens (including phenoxy) is 1. The Labute approximate surface area is 122 Å². The van der Waals surface area contributed by atoms with Gasteiger partial charge in [-0.05, 0) is 11.1 Å². The summed E-state index contributed by atoms with van der Waals surface area (Å²) in [7, 11) is 1.47. The molecule has 0 radical (unpaired) electrons. The molecule has 0 spiro atoms. The van der Waals surface area contributed by atoms with Crippen molar-refractivity contribution >= 4 is 11.4 Å². The lowest BCUT2D eigenvalue weighted by molar-refractivity contribution is -0.384. The van der Waals surface area contributed by atoms with E-state index in [0.29, 0.717) is 18.0 Å². The van der Waals surface area contributed by atoms with Crippen molar-refractivity contribution in [3.63, 3.8) is 0 Å². The van der Waals surface area contributed by atoms with Crippen molar-refractivity contribution in [1.82, 2.24) is 0 Å². The van der Waals surface area contributed by atoms with E-state index in [1.807, 2.05) is 24.3 Å². The second kappa shape index (κ2) is 6.71. The summed E-state index contributed by atoms with van der Waals surface area (Å²) in [5, 5.41) is 23.0. The fourth-order valence-electron chi connectivity index (χ4n) is 1.88. The number of anilines is 1. The molecule has 2 N–H and O–H groups in total. The number of nitrogens with one attached hydrogen (secondary N) is 1. The summed E-state index contributed by atoms with van der Waals surface area (Å²) >= 11 is 0. The predicted octanol–water partition coefficient (Wildman–Crippen LogP) is 2.71. The number of nitro groups is 1. The van der Waals surface area contributed by atoms with Gasteiger partial charge in [0, 0.05) is 24.4 Å². The molecule has 21 heavy (non-hydrogen) atoms. The summed E-state index contributed by atoms with van der Waals surface area (Å²) in [6.45, 7) is 0.534. The molecule has 0 fully saturated rings. The first-order valence-electron chi connectivity index (χ1n) is 6.38. The van der Waals surface area contributed by atoms with Crippen LogP contribution in [0.2, 0.25) is 0 Å². The van der Waals surface area contributed by atoms with Crippen LogP contribution < -0.4 is 10.1 Å². The van der Waals surface area contributed by atoms with Crippen molar-refractivity contribution in [2.24, 2.45) is 0 Å². The molecule has 6 heteroatoms. The first-order valence-corrected chi connectivity index (χ1v) is 6.38. The van der Waals surface area contributed by atoms with Crippen LogP contribution in [-0.4, -0.2) is 17.1 Å². The molecule has 0 heterocycles. The molecular formula is C15H16N2O4. The molecule has 2 rings (SSSR count). The Kier molecular flexibility index (Phi) is 4.73. The summed E-state index contributed by atoms with van der Waals surface area (Å²) in [6, 6.07) is 12.0. The van der Waals surface area contributed by atoms with Crippen LogP contribution in [0.5, 0.6) is 5.75 Å². The van der Waals surface area contributed by atoms with Crippen LogP contribution in [-0.2, 0) is 13.2 Å². The van der Waals surface area contributed by atoms with E-state index in [-0.39, 0.29) is 12.3 Å². The molecule has 110 valence electrons. The second-order valence-electron chi connectivity index (χ2n) is 4.50. The number of benzene rings is 2. The minimum Gasteiger partial charge on any atom is -0.496 e. The van der Waals surface area contributed by atoms with Gasteiger partial charge in [-0.2, -0.15) is 0 Å². The van der Waals surface area contributed by atoms with Crippen LogP contribution >= 0.6 is 0 Å². The summed E-state index contributed by atoms with van der Waals surface area (Å²) in [5.74, 6) is 0.433. The average Bonchev–Trinajstić information content (AvgIpc) is 2.53. The van der Waals surface area contributed by atoms with Gasteiger partial charge in [0.15, 0.2) is 0 Å². The summed E-state index contributed by atoms with van der Waals surface area (Å²) < 4.78 is 5.06. The number of aliphatic hydroxyl groups excluding tert-OH is 1. The van der Waals surface area contributed by atoms with Crippen molar-refractivity contribution in [3.05, 3.63) is 63.7 Å². The highest BCUT2D eigenvalue weighted by Crippen LogP contribution is 2.26. The third kappa shape index (κ3) is 3.93. The summed E-state index contributed by atoms with van der Waals surface area (Å²) in [5.41, 5.74) is 2.45. The van der Waals surface area contributed by atoms with Gasteiger partial charge in [0.25, 0.3) is 5.69 Å². The number of non-ortho nitro benzene ring substituents is 1. The Hall–Kier alpha value is -2.60. The van der Waals surface area contributed by atoms with E-state index in [9.17, 15) is 10.1 Å². The van der Waals surface area contributed by atoms with Crippen molar-refractivity contribution < 1.29 is 14.8 Å². The van der Waals surface area contributed by atoms with Gasteiger partial charge in [0.2, 0.25) is 0 Å². The fraction of sp³-hybridized carbons (Fsp3) is 0.200. The SMILES string of the molecule is COc1cc(NCc2ccc(CO)cc2)cc([N+](=O)[O-])c1. The number of rotatable bonds is 6. The third-order valence-electron chi connectivity index (χ3n) is 3.04. The van der Waals surface area contributed by atoms with Gasteiger partial charge in [0.1, 0.15) is 5.75 Å². The van der Waals surface area contributed by atoms with Crippen LogP contribution in [0.1, 0.15) is 11.1 Å². The molecule has 2 aromatic rings. The predicted molar refractivity (Wildman–Crippen MR) is 79.3 cm³/mol. The number of aliphatic hydroxyl groups is 1. The lowest BCUT2D eigenvalue weighted by Crippen LogP contribution is -2.01. The van der Waals surface area contributed by atoms with Crippen LogP contribution in [0.15, 0.2) is 42.5 Å². The zero-order chi connectivity index (χ0) is 15.2. The van der Waals surface area contributed by atoms with Crippen LogP contribution in [0.3, 0.4) is 0 Å². The molecule has 0 amide bonds. The van der Waals surface area contributed by atoms with E-state index < -0.39 is 4.92 Å². The van der Waals surface area contributed by atoms with Gasteiger partial charge in [-0.25, -0.2) is 0 Å². The molecule has 0 aliphatic carbocycles. The van der Waals surface area contributed by atoms with E-state index in [0.717, 1.165) is 11.1 Å². The Morgan fingerprint density at radius 3 is 2.43 bits per heavy atom. The van der Waals surface area contributed by atoms with Gasteiger partial charge in [-0.3, -0.25) is 10.1 Å². The molecule has 0 saturated carbocycles. The molecule has 0 aromatic heterocycles. The smallest absolute Gasteiger partial charge is 0.275 e. The number of nitro benzene ring substituents is 1. The highest BCUT2D eigenvalue weighted by Gasteiger charge is 2.10. The number of hydrogen-bond donors (Lipinski definition) is 2. The van der Waals surface area contributed by atoms with Crippen molar-refractivity contribution in [2.75, 3.05) is 12.4 Å². The van der Waals surface area contributed by atoms with E-state index in [2.05, 4.69) is 5.32 Å². The number of nitrogens with zero attached hydrogens (tertiary/aromatic N) is 1. The zero-order valence-electron chi connectivity index (χ0n) is 11.6. The lowest BCUT2D eigenvalue weighted by Gasteiger charge is -2.09. The Bertz CT molecular complexity index is 626. The second-order valence-corrected chi connectivity index (χ2v) is 4.50. The van der Waals surface area contributed by atoms with Gasteiger partial charge < -0.3 is 15.2 Å².